The van der Waals surface area contributed by atoms with Gasteiger partial charge in [-0.15, -0.1) is 0 Å². The number of hydrogen-bond acceptors (Lipinski definition) is 5. The summed E-state index contributed by atoms with van der Waals surface area (Å²) in [6.45, 7) is 0.502. The third kappa shape index (κ3) is 4.34. The number of nitrogens with zero attached hydrogens (tertiary/aromatic N) is 1. The van der Waals surface area contributed by atoms with E-state index >= 15 is 0 Å². The lowest BCUT2D eigenvalue weighted by Gasteiger charge is -2.26. The first kappa shape index (κ1) is 22.9. The number of anilines is 3. The number of hydrogen-bond donors (Lipinski definition) is 1. The number of epoxide rings is 1. The van der Waals surface area contributed by atoms with Gasteiger partial charge < -0.3 is 14.1 Å². The molecular formula is C19H19F3IN2O4PS. The Morgan fingerprint density at radius 3 is 2.52 bits per heavy atom. The molecule has 1 aliphatic heterocycles. The van der Waals surface area contributed by atoms with E-state index < -0.39 is 37.9 Å². The van der Waals surface area contributed by atoms with Crippen molar-refractivity contribution in [2.24, 2.45) is 0 Å². The second kappa shape index (κ2) is 8.24. The van der Waals surface area contributed by atoms with Gasteiger partial charge in [0.1, 0.15) is 22.9 Å². The molecule has 1 N–H and O–H groups in total. The lowest BCUT2D eigenvalue weighted by molar-refractivity contribution is 0.389. The van der Waals surface area contributed by atoms with Gasteiger partial charge in [0, 0.05) is 9.64 Å². The molecule has 31 heavy (non-hydrogen) atoms. The smallest absolute Gasteiger partial charge is 0.238 e. The molecule has 4 rings (SSSR count). The molecule has 2 fully saturated rings. The monoisotopic (exact) mass is 586 g/mol. The summed E-state index contributed by atoms with van der Waals surface area (Å²) in [5.74, 6) is -3.53. The lowest BCUT2D eigenvalue weighted by Crippen LogP contribution is -2.32. The van der Waals surface area contributed by atoms with Crippen LogP contribution >= 0.6 is 32.0 Å². The minimum absolute atomic E-state index is 0.0927. The molecule has 1 aliphatic carbocycles. The van der Waals surface area contributed by atoms with Crippen molar-refractivity contribution in [3.8, 4) is 5.75 Å². The third-order valence-electron chi connectivity index (χ3n) is 5.40. The molecule has 12 heteroatoms. The summed E-state index contributed by atoms with van der Waals surface area (Å²) in [6.07, 6.45) is 1.06. The summed E-state index contributed by atoms with van der Waals surface area (Å²) in [7, 11) is -0.699. The predicted octanol–water partition coefficient (Wildman–Crippen LogP) is 4.71. The van der Waals surface area contributed by atoms with Gasteiger partial charge in [0.15, 0.2) is 11.6 Å². The number of sulfonamides is 1. The minimum atomic E-state index is -4.00. The van der Waals surface area contributed by atoms with Crippen LogP contribution in [0.3, 0.4) is 0 Å². The first-order valence-electron chi connectivity index (χ1n) is 9.28. The number of benzene rings is 2. The fraction of sp³-hybridized carbons (Fsp3) is 0.368. The Labute approximate surface area is 193 Å². The quantitative estimate of drug-likeness (QED) is 0.276. The zero-order chi connectivity index (χ0) is 22.6. The topological polar surface area (TPSA) is 71.2 Å². The maximum absolute atomic E-state index is 15.0. The Kier molecular flexibility index (Phi) is 6.08. The molecule has 2 aromatic carbocycles. The number of methoxy groups -OCH3 is 1. The highest BCUT2D eigenvalue weighted by atomic mass is 127. The molecule has 1 heterocycles. The molecule has 0 bridgehead atoms. The SMILES string of the molecule is COc1cc(F)c(F)c(N(P)c2ccc(I)cc2F)c1NS(=O)(=O)C1(C[C@@H]2CO2)CC1. The van der Waals surface area contributed by atoms with Crippen LogP contribution in [-0.2, 0) is 14.8 Å². The second-order valence-corrected chi connectivity index (χ2v) is 11.4. The average molecular weight is 586 g/mol. The van der Waals surface area contributed by atoms with Gasteiger partial charge in [-0.25, -0.2) is 21.6 Å². The van der Waals surface area contributed by atoms with E-state index in [9.17, 15) is 21.6 Å². The van der Waals surface area contributed by atoms with E-state index in [0.717, 1.165) is 10.7 Å². The predicted molar refractivity (Wildman–Crippen MR) is 123 cm³/mol. The molecule has 0 amide bonds. The normalized spacial score (nSPS) is 19.1. The van der Waals surface area contributed by atoms with Crippen LogP contribution in [0.4, 0.5) is 30.2 Å². The first-order valence-corrected chi connectivity index (χ1v) is 12.4. The number of halogens is 4. The van der Waals surface area contributed by atoms with Crippen LogP contribution in [0.25, 0.3) is 0 Å². The van der Waals surface area contributed by atoms with Gasteiger partial charge in [-0.2, -0.15) is 0 Å². The van der Waals surface area contributed by atoms with Crippen molar-refractivity contribution in [3.05, 3.63) is 45.3 Å². The minimum Gasteiger partial charge on any atom is -0.494 e. The third-order valence-corrected chi connectivity index (χ3v) is 8.80. The van der Waals surface area contributed by atoms with Gasteiger partial charge in [0.05, 0.1) is 30.3 Å². The Morgan fingerprint density at radius 2 is 1.97 bits per heavy atom. The summed E-state index contributed by atoms with van der Waals surface area (Å²) in [5.41, 5.74) is -0.911. The van der Waals surface area contributed by atoms with Crippen molar-refractivity contribution in [2.75, 3.05) is 23.1 Å². The van der Waals surface area contributed by atoms with Gasteiger partial charge in [-0.1, -0.05) is 0 Å². The number of ether oxygens (including phenoxy) is 2. The summed E-state index contributed by atoms with van der Waals surface area (Å²) >= 11 is 1.92. The maximum Gasteiger partial charge on any atom is 0.238 e. The van der Waals surface area contributed by atoms with E-state index in [2.05, 4.69) is 14.1 Å². The van der Waals surface area contributed by atoms with E-state index in [1.54, 1.807) is 6.07 Å². The second-order valence-electron chi connectivity index (χ2n) is 7.51. The molecule has 0 radical (unpaired) electrons. The highest BCUT2D eigenvalue weighted by molar-refractivity contribution is 14.1. The highest BCUT2D eigenvalue weighted by Gasteiger charge is 2.57. The van der Waals surface area contributed by atoms with Crippen LogP contribution in [0.5, 0.6) is 5.75 Å². The Balaban J connectivity index is 1.81. The fourth-order valence-electron chi connectivity index (χ4n) is 3.44. The van der Waals surface area contributed by atoms with Gasteiger partial charge in [-0.3, -0.25) is 4.72 Å². The number of rotatable bonds is 8. The molecule has 2 aliphatic rings. The molecular weight excluding hydrogens is 567 g/mol. The van der Waals surface area contributed by atoms with Crippen LogP contribution in [0.15, 0.2) is 24.3 Å². The van der Waals surface area contributed by atoms with Gasteiger partial charge >= 0.3 is 0 Å². The molecule has 2 atom stereocenters. The van der Waals surface area contributed by atoms with Crippen molar-refractivity contribution in [2.45, 2.75) is 30.1 Å². The molecule has 1 saturated heterocycles. The van der Waals surface area contributed by atoms with Crippen LogP contribution < -0.4 is 14.1 Å². The number of nitrogens with one attached hydrogen (secondary N) is 1. The first-order chi connectivity index (χ1) is 14.6. The highest BCUT2D eigenvalue weighted by Crippen LogP contribution is 2.52. The summed E-state index contributed by atoms with van der Waals surface area (Å²) in [4.78, 5) is 0. The molecule has 1 saturated carbocycles. The summed E-state index contributed by atoms with van der Waals surface area (Å²) in [5, 5.41) is 0. The summed E-state index contributed by atoms with van der Waals surface area (Å²) in [6, 6.07) is 4.94. The summed E-state index contributed by atoms with van der Waals surface area (Å²) < 4.78 is 83.5. The molecule has 0 aromatic heterocycles. The fourth-order valence-corrected chi connectivity index (χ4v) is 6.07. The van der Waals surface area contributed by atoms with Crippen LogP contribution in [0, 0.1) is 21.0 Å². The van der Waals surface area contributed by atoms with E-state index in [1.165, 1.54) is 19.2 Å². The van der Waals surface area contributed by atoms with Gasteiger partial charge in [-0.05, 0) is 69.4 Å². The molecule has 6 nitrogen and oxygen atoms in total. The van der Waals surface area contributed by atoms with Crippen molar-refractivity contribution in [3.63, 3.8) is 0 Å². The largest absolute Gasteiger partial charge is 0.494 e. The van der Waals surface area contributed by atoms with Crippen LogP contribution in [0.1, 0.15) is 19.3 Å². The molecule has 1 unspecified atom stereocenters. The van der Waals surface area contributed by atoms with Crippen molar-refractivity contribution >= 4 is 59.1 Å². The van der Waals surface area contributed by atoms with Crippen molar-refractivity contribution in [1.29, 1.82) is 0 Å². The zero-order valence-electron chi connectivity index (χ0n) is 16.3. The molecule has 168 valence electrons. The van der Waals surface area contributed by atoms with Crippen LogP contribution in [-0.4, -0.2) is 33.0 Å². The van der Waals surface area contributed by atoms with Gasteiger partial charge in [0.2, 0.25) is 10.0 Å². The van der Waals surface area contributed by atoms with E-state index in [0.29, 0.717) is 29.4 Å². The van der Waals surface area contributed by atoms with Crippen LogP contribution in [0.2, 0.25) is 0 Å². The lowest BCUT2D eigenvalue weighted by atomic mass is 10.2. The Morgan fingerprint density at radius 1 is 1.29 bits per heavy atom. The van der Waals surface area contributed by atoms with E-state index in [-0.39, 0.29) is 23.2 Å². The average Bonchev–Trinajstić information content (AvgIpc) is 3.62. The molecule has 2 aromatic rings. The zero-order valence-corrected chi connectivity index (χ0v) is 20.4. The standard InChI is InChI=1S/C19H19F3IN2O4PS/c1-28-15-7-13(21)16(22)18(25(30)14-3-2-10(23)6-12(14)20)17(15)24-31(26,27)19(4-5-19)8-11-9-29-11/h2-3,6-7,11,24H,4-5,8-9,30H2,1H3/t11-/m1/s1. The Bertz CT molecular complexity index is 1140. The van der Waals surface area contributed by atoms with Crippen molar-refractivity contribution < 1.29 is 31.1 Å². The van der Waals surface area contributed by atoms with Crippen molar-refractivity contribution in [1.82, 2.24) is 0 Å². The Hall–Kier alpha value is -1.30. The van der Waals surface area contributed by atoms with E-state index in [1.807, 2.05) is 22.6 Å². The van der Waals surface area contributed by atoms with Gasteiger partial charge in [0.25, 0.3) is 0 Å². The molecule has 0 spiro atoms. The van der Waals surface area contributed by atoms with E-state index in [4.69, 9.17) is 9.47 Å². The maximum atomic E-state index is 15.0.